The molecule has 19 heavy (non-hydrogen) atoms. The van der Waals surface area contributed by atoms with Gasteiger partial charge in [0.05, 0.1) is 18.4 Å². The molecule has 0 aliphatic rings. The van der Waals surface area contributed by atoms with E-state index in [1.54, 1.807) is 12.3 Å². The molecule has 2 rings (SSSR count). The molecule has 0 saturated carbocycles. The molecule has 0 aliphatic heterocycles. The quantitative estimate of drug-likeness (QED) is 0.857. The van der Waals surface area contributed by atoms with E-state index < -0.39 is 6.03 Å². The molecule has 0 unspecified atom stereocenters. The van der Waals surface area contributed by atoms with E-state index in [1.807, 2.05) is 36.4 Å². The maximum absolute atomic E-state index is 10.6. The van der Waals surface area contributed by atoms with Gasteiger partial charge in [0, 0.05) is 0 Å². The highest BCUT2D eigenvalue weighted by Gasteiger charge is 1.99. The van der Waals surface area contributed by atoms with Crippen molar-refractivity contribution in [3.8, 4) is 5.75 Å². The third kappa shape index (κ3) is 4.31. The van der Waals surface area contributed by atoms with Gasteiger partial charge in [-0.3, -0.25) is 4.98 Å². The van der Waals surface area contributed by atoms with Crippen LogP contribution in [0.25, 0.3) is 0 Å². The highest BCUT2D eigenvalue weighted by atomic mass is 16.5. The summed E-state index contributed by atoms with van der Waals surface area (Å²) in [6, 6.07) is 12.9. The van der Waals surface area contributed by atoms with Crippen molar-refractivity contribution in [1.82, 2.24) is 10.3 Å². The number of aromatic nitrogens is 1. The first-order chi connectivity index (χ1) is 9.24. The first-order valence-electron chi connectivity index (χ1n) is 5.89. The summed E-state index contributed by atoms with van der Waals surface area (Å²) >= 11 is 0. The van der Waals surface area contributed by atoms with Crippen molar-refractivity contribution in [3.05, 3.63) is 59.9 Å². The van der Waals surface area contributed by atoms with Gasteiger partial charge in [-0.1, -0.05) is 30.3 Å². The van der Waals surface area contributed by atoms with Gasteiger partial charge < -0.3 is 15.8 Å². The second kappa shape index (κ2) is 6.39. The van der Waals surface area contributed by atoms with Gasteiger partial charge in [-0.05, 0) is 17.7 Å². The molecular formula is C14H15N3O2. The van der Waals surface area contributed by atoms with Crippen LogP contribution in [-0.2, 0) is 13.2 Å². The van der Waals surface area contributed by atoms with Gasteiger partial charge in [-0.15, -0.1) is 0 Å². The van der Waals surface area contributed by atoms with E-state index in [4.69, 9.17) is 10.5 Å². The molecule has 2 aromatic rings. The SMILES string of the molecule is NC(=O)NCc1ccc(OCc2ccccc2)cn1. The van der Waals surface area contributed by atoms with Gasteiger partial charge in [0.1, 0.15) is 12.4 Å². The molecule has 0 bridgehead atoms. The predicted molar refractivity (Wildman–Crippen MR) is 71.4 cm³/mol. The Hall–Kier alpha value is -2.56. The zero-order valence-corrected chi connectivity index (χ0v) is 10.4. The number of carbonyl (C=O) groups excluding carboxylic acids is 1. The van der Waals surface area contributed by atoms with Crippen LogP contribution in [0.15, 0.2) is 48.7 Å². The standard InChI is InChI=1S/C14H15N3O2/c15-14(18)17-8-12-6-7-13(9-16-12)19-10-11-4-2-1-3-5-11/h1-7,9H,8,10H2,(H3,15,17,18). The normalized spacial score (nSPS) is 9.89. The van der Waals surface area contributed by atoms with Gasteiger partial charge in [0.25, 0.3) is 0 Å². The first kappa shape index (κ1) is 12.9. The van der Waals surface area contributed by atoms with E-state index in [1.165, 1.54) is 0 Å². The topological polar surface area (TPSA) is 77.2 Å². The van der Waals surface area contributed by atoms with Crippen molar-refractivity contribution < 1.29 is 9.53 Å². The Kier molecular flexibility index (Phi) is 4.34. The van der Waals surface area contributed by atoms with Gasteiger partial charge in [0.2, 0.25) is 0 Å². The van der Waals surface area contributed by atoms with Crippen LogP contribution in [0.2, 0.25) is 0 Å². The van der Waals surface area contributed by atoms with Crippen molar-refractivity contribution in [3.63, 3.8) is 0 Å². The number of urea groups is 1. The van der Waals surface area contributed by atoms with E-state index in [2.05, 4.69) is 10.3 Å². The van der Waals surface area contributed by atoms with Gasteiger partial charge in [-0.2, -0.15) is 0 Å². The highest BCUT2D eigenvalue weighted by Crippen LogP contribution is 2.11. The van der Waals surface area contributed by atoms with Crippen LogP contribution in [0.4, 0.5) is 4.79 Å². The van der Waals surface area contributed by atoms with E-state index in [-0.39, 0.29) is 0 Å². The minimum atomic E-state index is -0.564. The largest absolute Gasteiger partial charge is 0.487 e. The molecule has 1 aromatic heterocycles. The first-order valence-corrected chi connectivity index (χ1v) is 5.89. The van der Waals surface area contributed by atoms with Crippen LogP contribution >= 0.6 is 0 Å². The van der Waals surface area contributed by atoms with E-state index in [9.17, 15) is 4.79 Å². The van der Waals surface area contributed by atoms with E-state index in [0.29, 0.717) is 18.9 Å². The lowest BCUT2D eigenvalue weighted by atomic mass is 10.2. The summed E-state index contributed by atoms with van der Waals surface area (Å²) in [4.78, 5) is 14.7. The second-order valence-corrected chi connectivity index (χ2v) is 3.98. The number of rotatable bonds is 5. The number of hydrogen-bond donors (Lipinski definition) is 2. The van der Waals surface area contributed by atoms with Crippen molar-refractivity contribution in [2.75, 3.05) is 0 Å². The zero-order chi connectivity index (χ0) is 13.5. The maximum atomic E-state index is 10.6. The lowest BCUT2D eigenvalue weighted by Gasteiger charge is -2.07. The minimum Gasteiger partial charge on any atom is -0.487 e. The molecule has 3 N–H and O–H groups in total. The molecule has 1 heterocycles. The fourth-order valence-corrected chi connectivity index (χ4v) is 1.52. The molecule has 0 radical (unpaired) electrons. The summed E-state index contributed by atoms with van der Waals surface area (Å²) < 4.78 is 5.60. The zero-order valence-electron chi connectivity index (χ0n) is 10.4. The molecule has 2 amide bonds. The van der Waals surface area contributed by atoms with E-state index >= 15 is 0 Å². The highest BCUT2D eigenvalue weighted by molar-refractivity contribution is 5.71. The molecule has 98 valence electrons. The molecule has 0 saturated heterocycles. The Morgan fingerprint density at radius 1 is 1.21 bits per heavy atom. The molecule has 5 heteroatoms. The van der Waals surface area contributed by atoms with Gasteiger partial charge in [0.15, 0.2) is 0 Å². The smallest absolute Gasteiger partial charge is 0.312 e. The van der Waals surface area contributed by atoms with Crippen molar-refractivity contribution in [2.24, 2.45) is 5.73 Å². The number of nitrogens with two attached hydrogens (primary N) is 1. The molecule has 0 atom stereocenters. The summed E-state index contributed by atoms with van der Waals surface area (Å²) in [5.41, 5.74) is 6.81. The van der Waals surface area contributed by atoms with Crippen LogP contribution in [0.3, 0.4) is 0 Å². The molecule has 0 fully saturated rings. The van der Waals surface area contributed by atoms with Crippen LogP contribution in [0.5, 0.6) is 5.75 Å². The number of ether oxygens (including phenoxy) is 1. The lowest BCUT2D eigenvalue weighted by Crippen LogP contribution is -2.28. The Labute approximate surface area is 111 Å². The fourth-order valence-electron chi connectivity index (χ4n) is 1.52. The van der Waals surface area contributed by atoms with Crippen molar-refractivity contribution in [1.29, 1.82) is 0 Å². The minimum absolute atomic E-state index is 0.314. The summed E-state index contributed by atoms with van der Waals surface area (Å²) in [7, 11) is 0. The fraction of sp³-hybridized carbons (Fsp3) is 0.143. The summed E-state index contributed by atoms with van der Waals surface area (Å²) in [5.74, 6) is 0.687. The van der Waals surface area contributed by atoms with Crippen molar-refractivity contribution in [2.45, 2.75) is 13.2 Å². The number of carbonyl (C=O) groups is 1. The number of nitrogens with zero attached hydrogens (tertiary/aromatic N) is 1. The Morgan fingerprint density at radius 2 is 2.00 bits per heavy atom. The van der Waals surface area contributed by atoms with E-state index in [0.717, 1.165) is 11.3 Å². The third-order valence-electron chi connectivity index (χ3n) is 2.49. The molecular weight excluding hydrogens is 242 g/mol. The average molecular weight is 257 g/mol. The molecule has 1 aromatic carbocycles. The summed E-state index contributed by atoms with van der Waals surface area (Å²) in [5, 5.41) is 2.47. The number of pyridine rings is 1. The van der Waals surface area contributed by atoms with Crippen LogP contribution in [0, 0.1) is 0 Å². The number of benzene rings is 1. The number of amides is 2. The van der Waals surface area contributed by atoms with Crippen LogP contribution in [-0.4, -0.2) is 11.0 Å². The third-order valence-corrected chi connectivity index (χ3v) is 2.49. The maximum Gasteiger partial charge on any atom is 0.312 e. The lowest BCUT2D eigenvalue weighted by molar-refractivity contribution is 0.248. The molecule has 0 aliphatic carbocycles. The van der Waals surface area contributed by atoms with Crippen molar-refractivity contribution >= 4 is 6.03 Å². The monoisotopic (exact) mass is 257 g/mol. The second-order valence-electron chi connectivity index (χ2n) is 3.98. The number of nitrogens with one attached hydrogen (secondary N) is 1. The Bertz CT molecular complexity index is 526. The Morgan fingerprint density at radius 3 is 2.63 bits per heavy atom. The predicted octanol–water partition coefficient (Wildman–Crippen LogP) is 1.83. The van der Waals surface area contributed by atoms with Gasteiger partial charge >= 0.3 is 6.03 Å². The average Bonchev–Trinajstić information content (AvgIpc) is 2.45. The van der Waals surface area contributed by atoms with Crippen LogP contribution in [0.1, 0.15) is 11.3 Å². The molecule has 5 nitrogen and oxygen atoms in total. The van der Waals surface area contributed by atoms with Gasteiger partial charge in [-0.25, -0.2) is 4.79 Å². The Balaban J connectivity index is 1.86. The summed E-state index contributed by atoms with van der Waals surface area (Å²) in [6.07, 6.45) is 1.63. The molecule has 0 spiro atoms. The number of hydrogen-bond acceptors (Lipinski definition) is 3. The summed E-state index contributed by atoms with van der Waals surface area (Å²) in [6.45, 7) is 0.815. The van der Waals surface area contributed by atoms with Crippen LogP contribution < -0.4 is 15.8 Å². The number of primary amides is 1.